The second-order valence-corrected chi connectivity index (χ2v) is 7.38. The van der Waals surface area contributed by atoms with E-state index in [2.05, 4.69) is 16.3 Å². The average Bonchev–Trinajstić information content (AvgIpc) is 3.18. The Bertz CT molecular complexity index is 1040. The van der Waals surface area contributed by atoms with E-state index in [4.69, 9.17) is 9.15 Å². The Kier molecular flexibility index (Phi) is 5.89. The van der Waals surface area contributed by atoms with Crippen molar-refractivity contribution < 1.29 is 14.3 Å². The summed E-state index contributed by atoms with van der Waals surface area (Å²) in [5.41, 5.74) is 1.12. The number of aromatic nitrogens is 2. The molecule has 1 unspecified atom stereocenters. The SMILES string of the molecule is OC(COc1ccc2ccccc2c1)CSc1nnc(Cc2ccccc2)o1. The number of fused-ring (bicyclic) bond motifs is 1. The van der Waals surface area contributed by atoms with Crippen LogP contribution in [-0.4, -0.2) is 33.8 Å². The largest absolute Gasteiger partial charge is 0.491 e. The van der Waals surface area contributed by atoms with Crippen LogP contribution in [0.5, 0.6) is 5.75 Å². The number of aliphatic hydroxyl groups is 1. The van der Waals surface area contributed by atoms with Crippen molar-refractivity contribution in [1.29, 1.82) is 0 Å². The Labute approximate surface area is 167 Å². The summed E-state index contributed by atoms with van der Waals surface area (Å²) in [6.07, 6.45) is -0.0388. The highest BCUT2D eigenvalue weighted by atomic mass is 32.2. The van der Waals surface area contributed by atoms with Gasteiger partial charge in [-0.05, 0) is 28.5 Å². The first-order valence-corrected chi connectivity index (χ1v) is 10.0. The molecule has 6 heteroatoms. The fourth-order valence-electron chi connectivity index (χ4n) is 2.80. The maximum absolute atomic E-state index is 10.2. The van der Waals surface area contributed by atoms with Gasteiger partial charge in [-0.1, -0.05) is 72.4 Å². The zero-order chi connectivity index (χ0) is 19.2. The summed E-state index contributed by atoms with van der Waals surface area (Å²) in [7, 11) is 0. The van der Waals surface area contributed by atoms with Crippen LogP contribution < -0.4 is 4.74 Å². The van der Waals surface area contributed by atoms with E-state index < -0.39 is 6.10 Å². The minimum atomic E-state index is -0.638. The lowest BCUT2D eigenvalue weighted by atomic mass is 10.1. The Balaban J connectivity index is 1.25. The quantitative estimate of drug-likeness (QED) is 0.450. The minimum Gasteiger partial charge on any atom is -0.491 e. The molecule has 1 atom stereocenters. The molecule has 0 fully saturated rings. The number of hydrogen-bond donors (Lipinski definition) is 1. The molecular weight excluding hydrogens is 372 g/mol. The molecule has 0 aliphatic carbocycles. The van der Waals surface area contributed by atoms with Gasteiger partial charge in [0.25, 0.3) is 5.22 Å². The van der Waals surface area contributed by atoms with Crippen molar-refractivity contribution in [2.45, 2.75) is 17.7 Å². The minimum absolute atomic E-state index is 0.205. The maximum Gasteiger partial charge on any atom is 0.276 e. The molecule has 0 spiro atoms. The summed E-state index contributed by atoms with van der Waals surface area (Å²) < 4.78 is 11.4. The number of aliphatic hydroxyl groups excluding tert-OH is 1. The third-order valence-corrected chi connectivity index (χ3v) is 5.17. The van der Waals surface area contributed by atoms with Crippen molar-refractivity contribution in [1.82, 2.24) is 10.2 Å². The van der Waals surface area contributed by atoms with Gasteiger partial charge in [0.05, 0.1) is 12.5 Å². The zero-order valence-electron chi connectivity index (χ0n) is 15.2. The second kappa shape index (κ2) is 8.91. The van der Waals surface area contributed by atoms with Crippen LogP contribution in [0.25, 0.3) is 10.8 Å². The Morgan fingerprint density at radius 2 is 1.71 bits per heavy atom. The Morgan fingerprint density at radius 3 is 2.57 bits per heavy atom. The molecule has 1 aromatic heterocycles. The van der Waals surface area contributed by atoms with Crippen molar-refractivity contribution in [2.24, 2.45) is 0 Å². The Morgan fingerprint density at radius 1 is 0.929 bits per heavy atom. The van der Waals surface area contributed by atoms with Crippen molar-refractivity contribution in [3.05, 3.63) is 84.3 Å². The normalized spacial score (nSPS) is 12.2. The zero-order valence-corrected chi connectivity index (χ0v) is 16.0. The number of thioether (sulfide) groups is 1. The highest BCUT2D eigenvalue weighted by Crippen LogP contribution is 2.22. The first-order chi connectivity index (χ1) is 13.8. The molecule has 4 aromatic rings. The first-order valence-electron chi connectivity index (χ1n) is 9.05. The third-order valence-electron chi connectivity index (χ3n) is 4.21. The van der Waals surface area contributed by atoms with Crippen molar-refractivity contribution in [3.63, 3.8) is 0 Å². The van der Waals surface area contributed by atoms with Gasteiger partial charge in [-0.25, -0.2) is 0 Å². The van der Waals surface area contributed by atoms with Crippen molar-refractivity contribution >= 4 is 22.5 Å². The first kappa shape index (κ1) is 18.5. The van der Waals surface area contributed by atoms with Crippen molar-refractivity contribution in [3.8, 4) is 5.75 Å². The van der Waals surface area contributed by atoms with E-state index in [-0.39, 0.29) is 6.61 Å². The van der Waals surface area contributed by atoms with Crippen LogP contribution in [0.1, 0.15) is 11.5 Å². The van der Waals surface area contributed by atoms with E-state index in [1.165, 1.54) is 11.8 Å². The highest BCUT2D eigenvalue weighted by Gasteiger charge is 2.12. The van der Waals surface area contributed by atoms with Gasteiger partial charge in [0.2, 0.25) is 5.89 Å². The van der Waals surface area contributed by atoms with Crippen LogP contribution in [0.3, 0.4) is 0 Å². The molecule has 142 valence electrons. The summed E-state index contributed by atoms with van der Waals surface area (Å²) in [5.74, 6) is 1.72. The highest BCUT2D eigenvalue weighted by molar-refractivity contribution is 7.99. The standard InChI is InChI=1S/C22H20N2O3S/c25-19(14-26-20-11-10-17-8-4-5-9-18(17)13-20)15-28-22-24-23-21(27-22)12-16-6-2-1-3-7-16/h1-11,13,19,25H,12,14-15H2. The van der Waals surface area contributed by atoms with Crippen LogP contribution in [0.15, 0.2) is 82.4 Å². The predicted octanol–water partition coefficient (Wildman–Crippen LogP) is 4.35. The average molecular weight is 392 g/mol. The van der Waals surface area contributed by atoms with E-state index in [1.54, 1.807) is 0 Å². The molecule has 0 radical (unpaired) electrons. The maximum atomic E-state index is 10.2. The van der Waals surface area contributed by atoms with Gasteiger partial charge in [-0.3, -0.25) is 0 Å². The number of rotatable bonds is 8. The van der Waals surface area contributed by atoms with E-state index in [0.29, 0.717) is 23.3 Å². The van der Waals surface area contributed by atoms with E-state index >= 15 is 0 Å². The number of ether oxygens (including phenoxy) is 1. The monoisotopic (exact) mass is 392 g/mol. The Hall–Kier alpha value is -2.83. The molecule has 0 bridgehead atoms. The van der Waals surface area contributed by atoms with Gasteiger partial charge in [0.15, 0.2) is 0 Å². The summed E-state index contributed by atoms with van der Waals surface area (Å²) in [6, 6.07) is 24.0. The third kappa shape index (κ3) is 4.91. The van der Waals surface area contributed by atoms with Gasteiger partial charge >= 0.3 is 0 Å². The predicted molar refractivity (Wildman–Crippen MR) is 110 cm³/mol. The van der Waals surface area contributed by atoms with Crippen LogP contribution in [0.2, 0.25) is 0 Å². The molecule has 0 aliphatic heterocycles. The van der Waals surface area contributed by atoms with E-state index in [9.17, 15) is 5.11 Å². The topological polar surface area (TPSA) is 68.4 Å². The fourth-order valence-corrected chi connectivity index (χ4v) is 3.49. The molecule has 0 saturated carbocycles. The molecule has 1 heterocycles. The fraction of sp³-hybridized carbons (Fsp3) is 0.182. The van der Waals surface area contributed by atoms with E-state index in [0.717, 1.165) is 22.1 Å². The summed E-state index contributed by atoms with van der Waals surface area (Å²) >= 11 is 1.33. The lowest BCUT2D eigenvalue weighted by molar-refractivity contribution is 0.126. The lowest BCUT2D eigenvalue weighted by Gasteiger charge is -2.11. The summed E-state index contributed by atoms with van der Waals surface area (Å²) in [6.45, 7) is 0.205. The smallest absolute Gasteiger partial charge is 0.276 e. The molecule has 4 rings (SSSR count). The summed E-state index contributed by atoms with van der Waals surface area (Å²) in [4.78, 5) is 0. The van der Waals surface area contributed by atoms with Crippen LogP contribution in [0, 0.1) is 0 Å². The van der Waals surface area contributed by atoms with Crippen LogP contribution in [0.4, 0.5) is 0 Å². The summed E-state index contributed by atoms with van der Waals surface area (Å²) in [5, 5.41) is 21.0. The van der Waals surface area contributed by atoms with Gasteiger partial charge in [-0.2, -0.15) is 0 Å². The molecule has 28 heavy (non-hydrogen) atoms. The number of benzene rings is 3. The molecule has 1 N–H and O–H groups in total. The van der Waals surface area contributed by atoms with Gasteiger partial charge in [0, 0.05) is 5.75 Å². The van der Waals surface area contributed by atoms with Crippen LogP contribution >= 0.6 is 11.8 Å². The number of hydrogen-bond acceptors (Lipinski definition) is 6. The molecule has 3 aromatic carbocycles. The molecule has 0 saturated heterocycles. The number of nitrogens with zero attached hydrogens (tertiary/aromatic N) is 2. The molecular formula is C22H20N2O3S. The van der Waals surface area contributed by atoms with Gasteiger partial charge < -0.3 is 14.3 Å². The van der Waals surface area contributed by atoms with E-state index in [1.807, 2.05) is 66.7 Å². The van der Waals surface area contributed by atoms with Gasteiger partial charge in [-0.15, -0.1) is 10.2 Å². The molecule has 5 nitrogen and oxygen atoms in total. The lowest BCUT2D eigenvalue weighted by Crippen LogP contribution is -2.20. The molecule has 0 aliphatic rings. The second-order valence-electron chi connectivity index (χ2n) is 6.41. The van der Waals surface area contributed by atoms with Crippen molar-refractivity contribution in [2.75, 3.05) is 12.4 Å². The molecule has 0 amide bonds. The van der Waals surface area contributed by atoms with Gasteiger partial charge in [0.1, 0.15) is 12.4 Å². The van der Waals surface area contributed by atoms with Crippen LogP contribution in [-0.2, 0) is 6.42 Å².